The second-order valence-electron chi connectivity index (χ2n) is 5.13. The van der Waals surface area contributed by atoms with Crippen LogP contribution in [0.4, 0.5) is 14.5 Å². The van der Waals surface area contributed by atoms with Crippen LogP contribution in [0.2, 0.25) is 0 Å². The van der Waals surface area contributed by atoms with Crippen molar-refractivity contribution < 1.29 is 8.78 Å². The average molecular weight is 333 g/mol. The lowest BCUT2D eigenvalue weighted by atomic mass is 10.1. The SMILES string of the molecule is C/C(=N/NC(=S)Nc1c(C)cccc1C)c1c(F)cccc1F. The quantitative estimate of drug-likeness (QED) is 0.500. The van der Waals surface area contributed by atoms with E-state index in [1.807, 2.05) is 32.0 Å². The molecule has 0 heterocycles. The van der Waals surface area contributed by atoms with Gasteiger partial charge in [-0.1, -0.05) is 24.3 Å². The van der Waals surface area contributed by atoms with Gasteiger partial charge in [0.25, 0.3) is 0 Å². The Labute approximate surface area is 139 Å². The maximum absolute atomic E-state index is 13.7. The van der Waals surface area contributed by atoms with Crippen molar-refractivity contribution in [2.75, 3.05) is 5.32 Å². The van der Waals surface area contributed by atoms with Crippen molar-refractivity contribution in [3.63, 3.8) is 0 Å². The summed E-state index contributed by atoms with van der Waals surface area (Å²) in [6.45, 7) is 5.43. The van der Waals surface area contributed by atoms with Gasteiger partial charge in [0.15, 0.2) is 5.11 Å². The van der Waals surface area contributed by atoms with E-state index in [0.29, 0.717) is 0 Å². The summed E-state index contributed by atoms with van der Waals surface area (Å²) in [4.78, 5) is 0. The highest BCUT2D eigenvalue weighted by Crippen LogP contribution is 2.19. The molecule has 0 fully saturated rings. The summed E-state index contributed by atoms with van der Waals surface area (Å²) in [6, 6.07) is 9.55. The molecule has 6 heteroatoms. The van der Waals surface area contributed by atoms with E-state index in [4.69, 9.17) is 12.2 Å². The first-order valence-corrected chi connectivity index (χ1v) is 7.43. The van der Waals surface area contributed by atoms with Crippen molar-refractivity contribution in [1.82, 2.24) is 5.43 Å². The Morgan fingerprint density at radius 1 is 1.00 bits per heavy atom. The fourth-order valence-corrected chi connectivity index (χ4v) is 2.33. The molecule has 0 amide bonds. The van der Waals surface area contributed by atoms with Crippen molar-refractivity contribution >= 4 is 28.7 Å². The number of thiocarbonyl (C=S) groups is 1. The van der Waals surface area contributed by atoms with Gasteiger partial charge in [-0.2, -0.15) is 5.10 Å². The van der Waals surface area contributed by atoms with E-state index in [2.05, 4.69) is 15.8 Å². The first-order valence-electron chi connectivity index (χ1n) is 7.02. The topological polar surface area (TPSA) is 36.4 Å². The highest BCUT2D eigenvalue weighted by molar-refractivity contribution is 7.80. The molecule has 0 aliphatic rings. The van der Waals surface area contributed by atoms with Gasteiger partial charge in [-0.15, -0.1) is 0 Å². The molecular formula is C17H17F2N3S. The van der Waals surface area contributed by atoms with Gasteiger partial charge in [0, 0.05) is 5.69 Å². The monoisotopic (exact) mass is 333 g/mol. The van der Waals surface area contributed by atoms with Crippen LogP contribution in [0, 0.1) is 25.5 Å². The van der Waals surface area contributed by atoms with Crippen LogP contribution in [0.5, 0.6) is 0 Å². The zero-order valence-corrected chi connectivity index (χ0v) is 13.9. The summed E-state index contributed by atoms with van der Waals surface area (Å²) in [5.41, 5.74) is 5.57. The zero-order valence-electron chi connectivity index (χ0n) is 13.1. The van der Waals surface area contributed by atoms with Crippen LogP contribution in [0.15, 0.2) is 41.5 Å². The molecule has 23 heavy (non-hydrogen) atoms. The third-order valence-electron chi connectivity index (χ3n) is 3.37. The Kier molecular flexibility index (Phi) is 5.39. The highest BCUT2D eigenvalue weighted by atomic mass is 32.1. The number of rotatable bonds is 3. The van der Waals surface area contributed by atoms with Crippen molar-refractivity contribution in [2.45, 2.75) is 20.8 Å². The van der Waals surface area contributed by atoms with Crippen LogP contribution in [0.3, 0.4) is 0 Å². The number of hydrazone groups is 1. The molecule has 0 saturated heterocycles. The van der Waals surface area contributed by atoms with E-state index in [0.717, 1.165) is 16.8 Å². The second kappa shape index (κ2) is 7.28. The number of hydrogen-bond acceptors (Lipinski definition) is 2. The van der Waals surface area contributed by atoms with Gasteiger partial charge in [-0.05, 0) is 56.2 Å². The summed E-state index contributed by atoms with van der Waals surface area (Å²) in [5.74, 6) is -1.33. The van der Waals surface area contributed by atoms with E-state index in [-0.39, 0.29) is 16.4 Å². The van der Waals surface area contributed by atoms with E-state index in [1.165, 1.54) is 25.1 Å². The van der Waals surface area contributed by atoms with E-state index in [1.54, 1.807) is 0 Å². The average Bonchev–Trinajstić information content (AvgIpc) is 2.49. The third kappa shape index (κ3) is 4.10. The maximum Gasteiger partial charge on any atom is 0.191 e. The van der Waals surface area contributed by atoms with Gasteiger partial charge in [0.05, 0.1) is 11.3 Å². The lowest BCUT2D eigenvalue weighted by Crippen LogP contribution is -2.26. The molecule has 2 rings (SSSR count). The van der Waals surface area contributed by atoms with Crippen molar-refractivity contribution in [1.29, 1.82) is 0 Å². The standard InChI is InChI=1S/C17H17F2N3S/c1-10-6-4-7-11(2)16(10)20-17(23)22-21-12(3)15-13(18)8-5-9-14(15)19/h4-9H,1-3H3,(H2,20,22,23)/b21-12-. The minimum absolute atomic E-state index is 0.171. The van der Waals surface area contributed by atoms with Crippen LogP contribution in [0.25, 0.3) is 0 Å². The first kappa shape index (κ1) is 17.0. The fraction of sp³-hybridized carbons (Fsp3) is 0.176. The van der Waals surface area contributed by atoms with Crippen LogP contribution >= 0.6 is 12.2 Å². The third-order valence-corrected chi connectivity index (χ3v) is 3.56. The van der Waals surface area contributed by atoms with Crippen LogP contribution in [-0.2, 0) is 0 Å². The van der Waals surface area contributed by atoms with Gasteiger partial charge in [0.2, 0.25) is 0 Å². The molecule has 0 aliphatic carbocycles. The summed E-state index contributed by atoms with van der Waals surface area (Å²) < 4.78 is 27.4. The van der Waals surface area contributed by atoms with Crippen LogP contribution < -0.4 is 10.7 Å². The molecule has 0 bridgehead atoms. The predicted molar refractivity (Wildman–Crippen MR) is 93.8 cm³/mol. The molecule has 0 spiro atoms. The van der Waals surface area contributed by atoms with Gasteiger partial charge < -0.3 is 5.32 Å². The normalized spacial score (nSPS) is 11.3. The number of nitrogens with one attached hydrogen (secondary N) is 2. The predicted octanol–water partition coefficient (Wildman–Crippen LogP) is 4.29. The molecule has 0 aromatic heterocycles. The molecule has 2 aromatic carbocycles. The summed E-state index contributed by atoms with van der Waals surface area (Å²) in [7, 11) is 0. The molecule has 0 aliphatic heterocycles. The van der Waals surface area contributed by atoms with E-state index < -0.39 is 11.6 Å². The first-order chi connectivity index (χ1) is 10.9. The summed E-state index contributed by atoms with van der Waals surface area (Å²) >= 11 is 5.17. The summed E-state index contributed by atoms with van der Waals surface area (Å²) in [6.07, 6.45) is 0. The van der Waals surface area contributed by atoms with Crippen molar-refractivity contribution in [2.24, 2.45) is 5.10 Å². The number of halogens is 2. The van der Waals surface area contributed by atoms with Gasteiger partial charge in [-0.3, -0.25) is 5.43 Å². The molecule has 0 radical (unpaired) electrons. The minimum Gasteiger partial charge on any atom is -0.331 e. The molecule has 3 nitrogen and oxygen atoms in total. The second-order valence-corrected chi connectivity index (χ2v) is 5.53. The minimum atomic E-state index is -0.665. The number of hydrogen-bond donors (Lipinski definition) is 2. The number of benzene rings is 2. The van der Waals surface area contributed by atoms with Crippen LogP contribution in [-0.4, -0.2) is 10.8 Å². The Balaban J connectivity index is 2.12. The number of para-hydroxylation sites is 1. The van der Waals surface area contributed by atoms with Crippen molar-refractivity contribution in [3.8, 4) is 0 Å². The lowest BCUT2D eigenvalue weighted by molar-refractivity contribution is 0.578. The van der Waals surface area contributed by atoms with Crippen LogP contribution in [0.1, 0.15) is 23.6 Å². The molecule has 120 valence electrons. The zero-order chi connectivity index (χ0) is 17.0. The lowest BCUT2D eigenvalue weighted by Gasteiger charge is -2.13. The van der Waals surface area contributed by atoms with Gasteiger partial charge >= 0.3 is 0 Å². The Morgan fingerprint density at radius 2 is 1.52 bits per heavy atom. The number of nitrogens with zero attached hydrogens (tertiary/aromatic N) is 1. The summed E-state index contributed by atoms with van der Waals surface area (Å²) in [5, 5.41) is 7.24. The fourth-order valence-electron chi connectivity index (χ4n) is 2.19. The Hall–Kier alpha value is -2.34. The Bertz CT molecular complexity index is 732. The number of anilines is 1. The maximum atomic E-state index is 13.7. The highest BCUT2D eigenvalue weighted by Gasteiger charge is 2.11. The molecule has 2 aromatic rings. The molecule has 0 unspecified atom stereocenters. The largest absolute Gasteiger partial charge is 0.331 e. The molecule has 0 atom stereocenters. The molecule has 2 N–H and O–H groups in total. The molecule has 0 saturated carbocycles. The molecular weight excluding hydrogens is 316 g/mol. The van der Waals surface area contributed by atoms with E-state index in [9.17, 15) is 8.78 Å². The Morgan fingerprint density at radius 3 is 2.09 bits per heavy atom. The van der Waals surface area contributed by atoms with E-state index >= 15 is 0 Å². The number of aryl methyl sites for hydroxylation is 2. The van der Waals surface area contributed by atoms with Gasteiger partial charge in [-0.25, -0.2) is 8.78 Å². The smallest absolute Gasteiger partial charge is 0.191 e. The van der Waals surface area contributed by atoms with Gasteiger partial charge in [0.1, 0.15) is 11.6 Å². The van der Waals surface area contributed by atoms with Crippen molar-refractivity contribution in [3.05, 3.63) is 64.7 Å².